The first-order chi connectivity index (χ1) is 18.4. The number of allylic oxidation sites excluding steroid dienone is 2. The second-order valence-electron chi connectivity index (χ2n) is 10.8. The van der Waals surface area contributed by atoms with Crippen LogP contribution >= 0.6 is 11.8 Å². The number of aryl methyl sites for hydroxylation is 1. The van der Waals surface area contributed by atoms with E-state index in [0.717, 1.165) is 65.6 Å². The van der Waals surface area contributed by atoms with E-state index in [1.54, 1.807) is 11.8 Å². The molecule has 10 heteroatoms. The zero-order valence-corrected chi connectivity index (χ0v) is 25.3. The molecule has 9 nitrogen and oxygen atoms in total. The lowest BCUT2D eigenvalue weighted by atomic mass is 10.2. The monoisotopic (exact) mass is 553 g/mol. The van der Waals surface area contributed by atoms with Crippen molar-refractivity contribution in [2.24, 2.45) is 4.99 Å². The number of nitrogens with zero attached hydrogens (tertiary/aromatic N) is 4. The summed E-state index contributed by atoms with van der Waals surface area (Å²) in [6, 6.07) is 9.74. The maximum Gasteiger partial charge on any atom is 0.412 e. The SMILES string of the molecule is CC/C(C)=C(/N=C(\C=C(/C)Nc1cc(C)[nH]n1)N1CCN(C)CC1)Sc1ccc(NC(=O)OC(C)(C)C)cc1. The second-order valence-corrected chi connectivity index (χ2v) is 11.9. The van der Waals surface area contributed by atoms with Crippen LogP contribution in [-0.2, 0) is 4.74 Å². The number of benzene rings is 1. The quantitative estimate of drug-likeness (QED) is 0.196. The van der Waals surface area contributed by atoms with Crippen molar-refractivity contribution in [1.29, 1.82) is 0 Å². The van der Waals surface area contributed by atoms with Crippen LogP contribution in [0.1, 0.15) is 53.7 Å². The Bertz CT molecular complexity index is 1200. The molecule has 0 saturated carbocycles. The number of hydrogen-bond acceptors (Lipinski definition) is 7. The number of amides is 1. The maximum atomic E-state index is 12.1. The zero-order chi connectivity index (χ0) is 28.6. The smallest absolute Gasteiger partial charge is 0.412 e. The van der Waals surface area contributed by atoms with E-state index >= 15 is 0 Å². The van der Waals surface area contributed by atoms with Crippen LogP contribution in [0.25, 0.3) is 0 Å². The molecule has 212 valence electrons. The topological polar surface area (TPSA) is 97.9 Å². The molecule has 1 aliphatic rings. The number of hydrogen-bond donors (Lipinski definition) is 3. The Labute approximate surface area is 237 Å². The van der Waals surface area contributed by atoms with E-state index in [1.165, 1.54) is 5.57 Å². The number of aromatic amines is 1. The van der Waals surface area contributed by atoms with Gasteiger partial charge in [0.05, 0.1) is 0 Å². The largest absolute Gasteiger partial charge is 0.444 e. The summed E-state index contributed by atoms with van der Waals surface area (Å²) < 4.78 is 5.36. The summed E-state index contributed by atoms with van der Waals surface area (Å²) in [5, 5.41) is 14.4. The first-order valence-electron chi connectivity index (χ1n) is 13.4. The van der Waals surface area contributed by atoms with Gasteiger partial charge in [-0.2, -0.15) is 5.10 Å². The lowest BCUT2D eigenvalue weighted by Gasteiger charge is -2.34. The van der Waals surface area contributed by atoms with E-state index in [9.17, 15) is 4.79 Å². The van der Waals surface area contributed by atoms with Gasteiger partial charge in [-0.15, -0.1) is 0 Å². The molecule has 1 aromatic carbocycles. The molecule has 0 bridgehead atoms. The molecule has 1 amide bonds. The van der Waals surface area contributed by atoms with Crippen molar-refractivity contribution in [1.82, 2.24) is 20.0 Å². The Morgan fingerprint density at radius 1 is 1.15 bits per heavy atom. The fourth-order valence-corrected chi connectivity index (χ4v) is 4.70. The van der Waals surface area contributed by atoms with E-state index < -0.39 is 11.7 Å². The van der Waals surface area contributed by atoms with Gasteiger partial charge in [-0.1, -0.05) is 18.7 Å². The van der Waals surface area contributed by atoms with Crippen LogP contribution < -0.4 is 10.6 Å². The van der Waals surface area contributed by atoms with E-state index in [0.29, 0.717) is 5.69 Å². The molecular weight excluding hydrogens is 510 g/mol. The molecule has 0 aliphatic carbocycles. The Morgan fingerprint density at radius 3 is 2.38 bits per heavy atom. The number of carbonyl (C=O) groups excluding carboxylic acids is 1. The normalized spacial score (nSPS) is 16.2. The van der Waals surface area contributed by atoms with Gasteiger partial charge in [0.15, 0.2) is 5.82 Å². The summed E-state index contributed by atoms with van der Waals surface area (Å²) >= 11 is 1.63. The van der Waals surface area contributed by atoms with Crippen molar-refractivity contribution in [3.8, 4) is 0 Å². The molecule has 2 aromatic rings. The van der Waals surface area contributed by atoms with Crippen LogP contribution in [-0.4, -0.2) is 70.8 Å². The highest BCUT2D eigenvalue weighted by Crippen LogP contribution is 2.32. The minimum atomic E-state index is -0.545. The molecule has 0 unspecified atom stereocenters. The van der Waals surface area contributed by atoms with Crippen LogP contribution in [0.15, 0.2) is 62.6 Å². The van der Waals surface area contributed by atoms with Gasteiger partial charge in [-0.05, 0) is 90.9 Å². The Kier molecular flexibility index (Phi) is 10.7. The van der Waals surface area contributed by atoms with Crippen LogP contribution in [0.4, 0.5) is 16.3 Å². The fourth-order valence-electron chi connectivity index (χ4n) is 3.74. The highest BCUT2D eigenvalue weighted by molar-refractivity contribution is 8.03. The number of ether oxygens (including phenoxy) is 1. The minimum Gasteiger partial charge on any atom is -0.444 e. The van der Waals surface area contributed by atoms with Gasteiger partial charge in [0, 0.05) is 54.2 Å². The average molecular weight is 554 g/mol. The number of thioether (sulfide) groups is 1. The van der Waals surface area contributed by atoms with Crippen LogP contribution in [0, 0.1) is 6.92 Å². The van der Waals surface area contributed by atoms with Gasteiger partial charge in [0.2, 0.25) is 0 Å². The number of likely N-dealkylation sites (N-methyl/N-ethyl adjacent to an activating group) is 1. The van der Waals surface area contributed by atoms with Crippen LogP contribution in [0.5, 0.6) is 0 Å². The number of nitrogens with one attached hydrogen (secondary N) is 3. The molecule has 1 fully saturated rings. The van der Waals surface area contributed by atoms with Crippen LogP contribution in [0.3, 0.4) is 0 Å². The molecule has 2 heterocycles. The van der Waals surface area contributed by atoms with Gasteiger partial charge in [-0.25, -0.2) is 9.79 Å². The van der Waals surface area contributed by atoms with E-state index in [4.69, 9.17) is 9.73 Å². The minimum absolute atomic E-state index is 0.465. The lowest BCUT2D eigenvalue weighted by Crippen LogP contribution is -2.46. The van der Waals surface area contributed by atoms with Crippen LogP contribution in [0.2, 0.25) is 0 Å². The second kappa shape index (κ2) is 13.7. The molecule has 0 spiro atoms. The maximum absolute atomic E-state index is 12.1. The number of piperazine rings is 1. The highest BCUT2D eigenvalue weighted by atomic mass is 32.2. The molecule has 1 aromatic heterocycles. The predicted molar refractivity (Wildman–Crippen MR) is 162 cm³/mol. The van der Waals surface area contributed by atoms with Gasteiger partial charge >= 0.3 is 6.09 Å². The zero-order valence-electron chi connectivity index (χ0n) is 24.5. The summed E-state index contributed by atoms with van der Waals surface area (Å²) in [6.45, 7) is 17.6. The molecular formula is C29H43N7O2S. The Hall–Kier alpha value is -3.24. The molecule has 0 atom stereocenters. The first kappa shape index (κ1) is 30.3. The number of aliphatic imine (C=N–C) groups is 1. The van der Waals surface area contributed by atoms with Gasteiger partial charge in [0.25, 0.3) is 0 Å². The van der Waals surface area contributed by atoms with Gasteiger partial charge < -0.3 is 19.9 Å². The van der Waals surface area contributed by atoms with E-state index in [-0.39, 0.29) is 0 Å². The average Bonchev–Trinajstić information content (AvgIpc) is 3.27. The Morgan fingerprint density at radius 2 is 1.82 bits per heavy atom. The van der Waals surface area contributed by atoms with E-state index in [1.807, 2.05) is 65.0 Å². The number of carbonyl (C=O) groups is 1. The van der Waals surface area contributed by atoms with Crippen molar-refractivity contribution in [3.63, 3.8) is 0 Å². The first-order valence-corrected chi connectivity index (χ1v) is 14.2. The van der Waals surface area contributed by atoms with Crippen molar-refractivity contribution in [2.75, 3.05) is 43.9 Å². The number of H-pyrrole nitrogens is 1. The summed E-state index contributed by atoms with van der Waals surface area (Å²) in [7, 11) is 2.15. The number of amidine groups is 1. The lowest BCUT2D eigenvalue weighted by molar-refractivity contribution is 0.0636. The number of rotatable bonds is 8. The third-order valence-electron chi connectivity index (χ3n) is 6.03. The number of anilines is 2. The van der Waals surface area contributed by atoms with Crippen molar-refractivity contribution in [2.45, 2.75) is 65.4 Å². The van der Waals surface area contributed by atoms with E-state index in [2.05, 4.69) is 57.6 Å². The standard InChI is InChI=1S/C29H43N7O2S/c1-9-20(2)27(39-24-12-10-23(11-13-24)31-28(37)38-29(5,6)7)32-26(36-16-14-35(8)15-17-36)19-21(3)30-25-18-22(4)33-34-25/h10-13,18-19H,9,14-17H2,1-8H3,(H,31,37)(H2,30,33,34)/b21-19+,27-20-,32-26+. The molecule has 3 N–H and O–H groups in total. The summed E-state index contributed by atoms with van der Waals surface area (Å²) in [6.07, 6.45) is 2.54. The third kappa shape index (κ3) is 10.1. The third-order valence-corrected chi connectivity index (χ3v) is 7.17. The highest BCUT2D eigenvalue weighted by Gasteiger charge is 2.19. The van der Waals surface area contributed by atoms with Gasteiger partial charge in [0.1, 0.15) is 16.5 Å². The van der Waals surface area contributed by atoms with Crippen molar-refractivity contribution < 1.29 is 9.53 Å². The van der Waals surface area contributed by atoms with Crippen molar-refractivity contribution >= 4 is 35.2 Å². The molecule has 39 heavy (non-hydrogen) atoms. The molecule has 1 saturated heterocycles. The summed E-state index contributed by atoms with van der Waals surface area (Å²) in [5.41, 5.74) is 3.33. The predicted octanol–water partition coefficient (Wildman–Crippen LogP) is 6.46. The van der Waals surface area contributed by atoms with Gasteiger partial charge in [-0.3, -0.25) is 10.4 Å². The molecule has 0 radical (unpaired) electrons. The Balaban J connectivity index is 1.84. The fraction of sp³-hybridized carbons (Fsp3) is 0.483. The molecule has 1 aliphatic heterocycles. The van der Waals surface area contributed by atoms with Crippen molar-refractivity contribution in [3.05, 3.63) is 58.4 Å². The summed E-state index contributed by atoms with van der Waals surface area (Å²) in [5.74, 6) is 1.72. The summed E-state index contributed by atoms with van der Waals surface area (Å²) in [4.78, 5) is 23.1. The molecule has 3 rings (SSSR count). The number of aromatic nitrogens is 2.